The van der Waals surface area contributed by atoms with Crippen molar-refractivity contribution in [2.24, 2.45) is 5.92 Å². The van der Waals surface area contributed by atoms with Gasteiger partial charge in [-0.15, -0.1) is 0 Å². The van der Waals surface area contributed by atoms with Gasteiger partial charge >= 0.3 is 0 Å². The summed E-state index contributed by atoms with van der Waals surface area (Å²) in [4.78, 5) is 25.5. The fourth-order valence-corrected chi connectivity index (χ4v) is 2.45. The molecule has 1 aliphatic carbocycles. The molecule has 1 aromatic rings. The summed E-state index contributed by atoms with van der Waals surface area (Å²) >= 11 is 0. The summed E-state index contributed by atoms with van der Waals surface area (Å²) in [7, 11) is 0. The minimum absolute atomic E-state index is 0.0584. The molecule has 0 bridgehead atoms. The van der Waals surface area contributed by atoms with Crippen molar-refractivity contribution >= 4 is 11.8 Å². The second-order valence-corrected chi connectivity index (χ2v) is 5.33. The standard InChI is InChI=1S/C14H18N2O3/c17-13(10-3-4-10)15-11-5-7-16(8-6-11)14(18)12-2-1-9-19-12/h1-2,9-11H,3-8H2,(H,15,17). The highest BCUT2D eigenvalue weighted by Gasteiger charge is 2.32. The molecule has 2 heterocycles. The van der Waals surface area contributed by atoms with E-state index in [-0.39, 0.29) is 23.8 Å². The van der Waals surface area contributed by atoms with Crippen LogP contribution in [0.3, 0.4) is 0 Å². The van der Waals surface area contributed by atoms with Gasteiger partial charge in [0, 0.05) is 25.0 Å². The van der Waals surface area contributed by atoms with Gasteiger partial charge in [0.2, 0.25) is 5.91 Å². The number of furan rings is 1. The lowest BCUT2D eigenvalue weighted by atomic mass is 10.0. The molecule has 0 spiro atoms. The summed E-state index contributed by atoms with van der Waals surface area (Å²) in [5, 5.41) is 3.07. The van der Waals surface area contributed by atoms with Gasteiger partial charge in [0.25, 0.3) is 5.91 Å². The summed E-state index contributed by atoms with van der Waals surface area (Å²) in [6.45, 7) is 1.35. The topological polar surface area (TPSA) is 62.6 Å². The smallest absolute Gasteiger partial charge is 0.289 e. The van der Waals surface area contributed by atoms with Crippen LogP contribution >= 0.6 is 0 Å². The molecular formula is C14H18N2O3. The van der Waals surface area contributed by atoms with Crippen molar-refractivity contribution in [2.75, 3.05) is 13.1 Å². The lowest BCUT2D eigenvalue weighted by Crippen LogP contribution is -2.46. The lowest BCUT2D eigenvalue weighted by Gasteiger charge is -2.31. The molecule has 1 aromatic heterocycles. The van der Waals surface area contributed by atoms with Crippen molar-refractivity contribution in [1.29, 1.82) is 0 Å². The molecule has 3 rings (SSSR count). The van der Waals surface area contributed by atoms with Gasteiger partial charge in [0.05, 0.1) is 6.26 Å². The molecule has 5 nitrogen and oxygen atoms in total. The first-order chi connectivity index (χ1) is 9.24. The highest BCUT2D eigenvalue weighted by atomic mass is 16.3. The van der Waals surface area contributed by atoms with Crippen molar-refractivity contribution in [1.82, 2.24) is 10.2 Å². The number of likely N-dealkylation sites (tertiary alicyclic amines) is 1. The number of amides is 2. The molecule has 2 amide bonds. The Labute approximate surface area is 111 Å². The van der Waals surface area contributed by atoms with E-state index in [1.165, 1.54) is 6.26 Å². The fraction of sp³-hybridized carbons (Fsp3) is 0.571. The second kappa shape index (κ2) is 5.07. The van der Waals surface area contributed by atoms with Gasteiger partial charge in [0.1, 0.15) is 0 Å². The van der Waals surface area contributed by atoms with E-state index in [0.29, 0.717) is 18.8 Å². The van der Waals surface area contributed by atoms with Crippen molar-refractivity contribution in [3.05, 3.63) is 24.2 Å². The van der Waals surface area contributed by atoms with Crippen LogP contribution in [0.15, 0.2) is 22.8 Å². The Hall–Kier alpha value is -1.78. The van der Waals surface area contributed by atoms with Gasteiger partial charge in [-0.25, -0.2) is 0 Å². The van der Waals surface area contributed by atoms with Crippen LogP contribution in [0.25, 0.3) is 0 Å². The normalized spacial score (nSPS) is 20.3. The number of hydrogen-bond acceptors (Lipinski definition) is 3. The third-order valence-corrected chi connectivity index (χ3v) is 3.81. The van der Waals surface area contributed by atoms with Gasteiger partial charge in [-0.1, -0.05) is 0 Å². The Morgan fingerprint density at radius 2 is 1.95 bits per heavy atom. The average molecular weight is 262 g/mol. The Bertz CT molecular complexity index is 457. The summed E-state index contributed by atoms with van der Waals surface area (Å²) in [6, 6.07) is 3.62. The van der Waals surface area contributed by atoms with Crippen LogP contribution in [0.5, 0.6) is 0 Å². The maximum atomic E-state index is 12.1. The predicted octanol–water partition coefficient (Wildman–Crippen LogP) is 1.41. The van der Waals surface area contributed by atoms with E-state index in [1.54, 1.807) is 17.0 Å². The fourth-order valence-electron chi connectivity index (χ4n) is 2.45. The zero-order chi connectivity index (χ0) is 13.2. The molecule has 1 saturated carbocycles. The quantitative estimate of drug-likeness (QED) is 0.896. The molecule has 0 aromatic carbocycles. The van der Waals surface area contributed by atoms with E-state index >= 15 is 0 Å². The third-order valence-electron chi connectivity index (χ3n) is 3.81. The van der Waals surface area contributed by atoms with E-state index in [4.69, 9.17) is 4.42 Å². The molecular weight excluding hydrogens is 244 g/mol. The molecule has 1 saturated heterocycles. The van der Waals surface area contributed by atoms with Crippen LogP contribution in [0.4, 0.5) is 0 Å². The van der Waals surface area contributed by atoms with E-state index in [2.05, 4.69) is 5.32 Å². The summed E-state index contributed by atoms with van der Waals surface area (Å²) in [6.07, 6.45) is 5.22. The number of rotatable bonds is 3. The van der Waals surface area contributed by atoms with Crippen molar-refractivity contribution in [2.45, 2.75) is 31.7 Å². The molecule has 0 radical (unpaired) electrons. The molecule has 19 heavy (non-hydrogen) atoms. The van der Waals surface area contributed by atoms with Crippen LogP contribution in [0.1, 0.15) is 36.2 Å². The van der Waals surface area contributed by atoms with Crippen LogP contribution in [-0.4, -0.2) is 35.8 Å². The van der Waals surface area contributed by atoms with Crippen LogP contribution < -0.4 is 5.32 Å². The van der Waals surface area contributed by atoms with E-state index in [0.717, 1.165) is 25.7 Å². The highest BCUT2D eigenvalue weighted by molar-refractivity contribution is 5.91. The minimum Gasteiger partial charge on any atom is -0.459 e. The predicted molar refractivity (Wildman–Crippen MR) is 68.5 cm³/mol. The number of carbonyl (C=O) groups is 2. The largest absolute Gasteiger partial charge is 0.459 e. The van der Waals surface area contributed by atoms with E-state index in [9.17, 15) is 9.59 Å². The van der Waals surface area contributed by atoms with Gasteiger partial charge in [-0.2, -0.15) is 0 Å². The monoisotopic (exact) mass is 262 g/mol. The number of nitrogens with one attached hydrogen (secondary N) is 1. The van der Waals surface area contributed by atoms with Crippen LogP contribution in [0, 0.1) is 5.92 Å². The molecule has 1 N–H and O–H groups in total. The van der Waals surface area contributed by atoms with Crippen molar-refractivity contribution in [3.63, 3.8) is 0 Å². The van der Waals surface area contributed by atoms with Gasteiger partial charge in [-0.3, -0.25) is 9.59 Å². The lowest BCUT2D eigenvalue weighted by molar-refractivity contribution is -0.123. The molecule has 102 valence electrons. The van der Waals surface area contributed by atoms with E-state index in [1.807, 2.05) is 0 Å². The van der Waals surface area contributed by atoms with E-state index < -0.39 is 0 Å². The zero-order valence-electron chi connectivity index (χ0n) is 10.8. The number of carbonyl (C=O) groups excluding carboxylic acids is 2. The maximum absolute atomic E-state index is 12.1. The molecule has 2 aliphatic rings. The zero-order valence-corrected chi connectivity index (χ0v) is 10.8. The average Bonchev–Trinajstić information content (AvgIpc) is 3.14. The number of nitrogens with zero attached hydrogens (tertiary/aromatic N) is 1. The highest BCUT2D eigenvalue weighted by Crippen LogP contribution is 2.29. The van der Waals surface area contributed by atoms with Crippen LogP contribution in [0.2, 0.25) is 0 Å². The van der Waals surface area contributed by atoms with Crippen LogP contribution in [-0.2, 0) is 4.79 Å². The maximum Gasteiger partial charge on any atom is 0.289 e. The molecule has 0 unspecified atom stereocenters. The summed E-state index contributed by atoms with van der Waals surface area (Å²) in [5.74, 6) is 0.774. The first kappa shape index (κ1) is 12.3. The number of hydrogen-bond donors (Lipinski definition) is 1. The Morgan fingerprint density at radius 3 is 2.53 bits per heavy atom. The van der Waals surface area contributed by atoms with Crippen molar-refractivity contribution in [3.8, 4) is 0 Å². The van der Waals surface area contributed by atoms with Crippen molar-refractivity contribution < 1.29 is 14.0 Å². The van der Waals surface area contributed by atoms with Gasteiger partial charge in [-0.05, 0) is 37.8 Å². The van der Waals surface area contributed by atoms with Gasteiger partial charge < -0.3 is 14.6 Å². The van der Waals surface area contributed by atoms with Gasteiger partial charge in [0.15, 0.2) is 5.76 Å². The first-order valence-corrected chi connectivity index (χ1v) is 6.87. The molecule has 1 aliphatic heterocycles. The molecule has 2 fully saturated rings. The Morgan fingerprint density at radius 1 is 1.21 bits per heavy atom. The number of piperidine rings is 1. The SMILES string of the molecule is O=C(NC1CCN(C(=O)c2ccco2)CC1)C1CC1. The second-order valence-electron chi connectivity index (χ2n) is 5.33. The molecule has 0 atom stereocenters. The first-order valence-electron chi connectivity index (χ1n) is 6.87. The molecule has 5 heteroatoms. The summed E-state index contributed by atoms with van der Waals surface area (Å²) < 4.78 is 5.12. The summed E-state index contributed by atoms with van der Waals surface area (Å²) in [5.41, 5.74) is 0. The third kappa shape index (κ3) is 2.80. The minimum atomic E-state index is -0.0584. The Balaban J connectivity index is 1.49. The Kier molecular flexibility index (Phi) is 3.27.